The van der Waals surface area contributed by atoms with Crippen LogP contribution < -0.4 is 5.56 Å². The average Bonchev–Trinajstić information content (AvgIpc) is 2.26. The van der Waals surface area contributed by atoms with E-state index in [1.165, 1.54) is 16.7 Å². The number of benzene rings is 1. The molecule has 0 bridgehead atoms. The summed E-state index contributed by atoms with van der Waals surface area (Å²) < 4.78 is 0.390. The molecule has 0 aliphatic rings. The first-order chi connectivity index (χ1) is 8.99. The van der Waals surface area contributed by atoms with E-state index in [-0.39, 0.29) is 5.56 Å². The monoisotopic (exact) mass is 274 g/mol. The molecule has 4 heteroatoms. The second-order valence-corrected chi connectivity index (χ2v) is 5.30. The quantitative estimate of drug-likeness (QED) is 0.844. The summed E-state index contributed by atoms with van der Waals surface area (Å²) in [5.74, 6) is 0. The fourth-order valence-corrected chi connectivity index (χ4v) is 2.68. The van der Waals surface area contributed by atoms with Gasteiger partial charge < -0.3 is 4.98 Å². The van der Waals surface area contributed by atoms with E-state index in [4.69, 9.17) is 12.2 Å². The van der Waals surface area contributed by atoms with Gasteiger partial charge in [-0.1, -0.05) is 36.2 Å². The van der Waals surface area contributed by atoms with Crippen LogP contribution in [-0.4, -0.2) is 9.97 Å². The van der Waals surface area contributed by atoms with Crippen molar-refractivity contribution in [2.24, 2.45) is 0 Å². The molecule has 3 nitrogen and oxygen atoms in total. The van der Waals surface area contributed by atoms with Crippen molar-refractivity contribution in [3.63, 3.8) is 0 Å². The van der Waals surface area contributed by atoms with Gasteiger partial charge in [0.25, 0.3) is 5.56 Å². The SMILES string of the molecule is CCc1c(Cc2cc(C)cc(C)c2)[nH]c(=S)[nH]c1=O. The molecule has 0 unspecified atom stereocenters. The Bertz CT molecular complexity index is 693. The molecule has 1 aromatic heterocycles. The van der Waals surface area contributed by atoms with Gasteiger partial charge in [0.15, 0.2) is 4.77 Å². The van der Waals surface area contributed by atoms with Gasteiger partial charge in [-0.2, -0.15) is 0 Å². The maximum absolute atomic E-state index is 11.9. The minimum absolute atomic E-state index is 0.0781. The molecule has 1 heterocycles. The molecule has 0 radical (unpaired) electrons. The first-order valence-electron chi connectivity index (χ1n) is 6.41. The van der Waals surface area contributed by atoms with E-state index in [1.807, 2.05) is 6.92 Å². The van der Waals surface area contributed by atoms with Gasteiger partial charge in [0.05, 0.1) is 0 Å². The zero-order chi connectivity index (χ0) is 14.0. The Balaban J connectivity index is 2.48. The molecule has 0 aliphatic heterocycles. The van der Waals surface area contributed by atoms with Crippen molar-refractivity contribution in [2.45, 2.75) is 33.6 Å². The average molecular weight is 274 g/mol. The fourth-order valence-electron chi connectivity index (χ4n) is 2.46. The molecule has 0 fully saturated rings. The molecule has 100 valence electrons. The summed E-state index contributed by atoms with van der Waals surface area (Å²) in [5.41, 5.74) is 5.29. The zero-order valence-corrected chi connectivity index (χ0v) is 12.3. The molecule has 0 atom stereocenters. The standard InChI is InChI=1S/C15H18N2OS/c1-4-12-13(16-15(19)17-14(12)18)8-11-6-9(2)5-10(3)7-11/h5-7H,4,8H2,1-3H3,(H2,16,17,18,19). The second-order valence-electron chi connectivity index (χ2n) is 4.89. The maximum Gasteiger partial charge on any atom is 0.255 e. The number of aromatic nitrogens is 2. The van der Waals surface area contributed by atoms with Gasteiger partial charge in [-0.25, -0.2) is 0 Å². The summed E-state index contributed by atoms with van der Waals surface area (Å²) in [7, 11) is 0. The Morgan fingerprint density at radius 2 is 1.74 bits per heavy atom. The Morgan fingerprint density at radius 1 is 1.11 bits per heavy atom. The van der Waals surface area contributed by atoms with Gasteiger partial charge in [0.2, 0.25) is 0 Å². The Kier molecular flexibility index (Phi) is 4.00. The first kappa shape index (κ1) is 13.7. The molecule has 2 aromatic rings. The molecule has 1 aromatic carbocycles. The van der Waals surface area contributed by atoms with Crippen LogP contribution in [-0.2, 0) is 12.8 Å². The van der Waals surface area contributed by atoms with Crippen LogP contribution in [0.3, 0.4) is 0 Å². The topological polar surface area (TPSA) is 48.6 Å². The number of nitrogens with one attached hydrogen (secondary N) is 2. The number of H-pyrrole nitrogens is 2. The first-order valence-corrected chi connectivity index (χ1v) is 6.82. The van der Waals surface area contributed by atoms with Crippen LogP contribution in [0.4, 0.5) is 0 Å². The maximum atomic E-state index is 11.9. The van der Waals surface area contributed by atoms with Gasteiger partial charge >= 0.3 is 0 Å². The third kappa shape index (κ3) is 3.20. The Labute approximate surface area is 117 Å². The van der Waals surface area contributed by atoms with E-state index in [2.05, 4.69) is 42.0 Å². The summed E-state index contributed by atoms with van der Waals surface area (Å²) >= 11 is 5.05. The van der Waals surface area contributed by atoms with Crippen molar-refractivity contribution in [3.8, 4) is 0 Å². The third-order valence-electron chi connectivity index (χ3n) is 3.15. The minimum Gasteiger partial charge on any atom is -0.335 e. The largest absolute Gasteiger partial charge is 0.335 e. The van der Waals surface area contributed by atoms with Crippen molar-refractivity contribution in [1.82, 2.24) is 9.97 Å². The predicted octanol–water partition coefficient (Wildman–Crippen LogP) is 3.20. The molecule has 2 N–H and O–H groups in total. The summed E-state index contributed by atoms with van der Waals surface area (Å²) in [6, 6.07) is 6.43. The molecule has 19 heavy (non-hydrogen) atoms. The van der Waals surface area contributed by atoms with E-state index in [9.17, 15) is 4.79 Å². The van der Waals surface area contributed by atoms with E-state index in [1.54, 1.807) is 0 Å². The van der Waals surface area contributed by atoms with Crippen LogP contribution in [0.2, 0.25) is 0 Å². The van der Waals surface area contributed by atoms with Crippen molar-refractivity contribution >= 4 is 12.2 Å². The van der Waals surface area contributed by atoms with Crippen LogP contribution >= 0.6 is 12.2 Å². The van der Waals surface area contributed by atoms with Crippen LogP contribution in [0.5, 0.6) is 0 Å². The smallest absolute Gasteiger partial charge is 0.255 e. The highest BCUT2D eigenvalue weighted by Gasteiger charge is 2.08. The molecule has 0 saturated heterocycles. The lowest BCUT2D eigenvalue weighted by Crippen LogP contribution is -2.17. The van der Waals surface area contributed by atoms with Crippen LogP contribution in [0.25, 0.3) is 0 Å². The van der Waals surface area contributed by atoms with Gasteiger partial charge in [0.1, 0.15) is 0 Å². The summed E-state index contributed by atoms with van der Waals surface area (Å²) in [4.78, 5) is 17.6. The van der Waals surface area contributed by atoms with Crippen molar-refractivity contribution in [2.75, 3.05) is 0 Å². The minimum atomic E-state index is -0.0781. The lowest BCUT2D eigenvalue weighted by atomic mass is 10.0. The van der Waals surface area contributed by atoms with Gasteiger partial charge in [-0.05, 0) is 38.0 Å². The molecule has 2 rings (SSSR count). The highest BCUT2D eigenvalue weighted by Crippen LogP contribution is 2.14. The van der Waals surface area contributed by atoms with Gasteiger partial charge in [0, 0.05) is 17.7 Å². The molecule has 0 aliphatic carbocycles. The van der Waals surface area contributed by atoms with Crippen molar-refractivity contribution < 1.29 is 0 Å². The van der Waals surface area contributed by atoms with Crippen molar-refractivity contribution in [3.05, 3.63) is 61.3 Å². The highest BCUT2D eigenvalue weighted by atomic mass is 32.1. The molecular formula is C15H18N2OS. The van der Waals surface area contributed by atoms with Gasteiger partial charge in [-0.3, -0.25) is 9.78 Å². The van der Waals surface area contributed by atoms with Crippen LogP contribution in [0.15, 0.2) is 23.0 Å². The van der Waals surface area contributed by atoms with E-state index in [0.29, 0.717) is 17.6 Å². The van der Waals surface area contributed by atoms with Crippen LogP contribution in [0, 0.1) is 18.6 Å². The second kappa shape index (κ2) is 5.53. The number of hydrogen-bond acceptors (Lipinski definition) is 2. The molecule has 0 amide bonds. The van der Waals surface area contributed by atoms with Crippen LogP contribution in [0.1, 0.15) is 34.9 Å². The Morgan fingerprint density at radius 3 is 2.32 bits per heavy atom. The van der Waals surface area contributed by atoms with Gasteiger partial charge in [-0.15, -0.1) is 0 Å². The lowest BCUT2D eigenvalue weighted by molar-refractivity contribution is 0.910. The summed E-state index contributed by atoms with van der Waals surface area (Å²) in [6.45, 7) is 6.14. The third-order valence-corrected chi connectivity index (χ3v) is 3.35. The lowest BCUT2D eigenvalue weighted by Gasteiger charge is -2.09. The fraction of sp³-hybridized carbons (Fsp3) is 0.333. The highest BCUT2D eigenvalue weighted by molar-refractivity contribution is 7.71. The number of rotatable bonds is 3. The summed E-state index contributed by atoms with van der Waals surface area (Å²) in [6.07, 6.45) is 1.40. The molecular weight excluding hydrogens is 256 g/mol. The van der Waals surface area contributed by atoms with E-state index >= 15 is 0 Å². The van der Waals surface area contributed by atoms with E-state index < -0.39 is 0 Å². The Hall–Kier alpha value is -1.68. The zero-order valence-electron chi connectivity index (χ0n) is 11.5. The number of aromatic amines is 2. The normalized spacial score (nSPS) is 10.7. The molecule has 0 saturated carbocycles. The number of hydrogen-bond donors (Lipinski definition) is 2. The summed E-state index contributed by atoms with van der Waals surface area (Å²) in [5, 5.41) is 0. The van der Waals surface area contributed by atoms with Crippen molar-refractivity contribution in [1.29, 1.82) is 0 Å². The van der Waals surface area contributed by atoms with E-state index in [0.717, 1.165) is 11.3 Å². The number of aryl methyl sites for hydroxylation is 2. The predicted molar refractivity (Wildman–Crippen MR) is 80.3 cm³/mol. The molecule has 0 spiro atoms.